The van der Waals surface area contributed by atoms with Gasteiger partial charge in [-0.25, -0.2) is 24.5 Å². The molecule has 6 heterocycles. The van der Waals surface area contributed by atoms with Crippen LogP contribution in [0.4, 0.5) is 34.3 Å². The predicted molar refractivity (Wildman–Crippen MR) is 319 cm³/mol. The molecule has 0 atom stereocenters. The summed E-state index contributed by atoms with van der Waals surface area (Å²) in [6.07, 6.45) is 9.83. The molecule has 0 radical (unpaired) electrons. The van der Waals surface area contributed by atoms with Crippen molar-refractivity contribution < 1.29 is 28.8 Å². The van der Waals surface area contributed by atoms with Gasteiger partial charge in [0.15, 0.2) is 22.6 Å². The Morgan fingerprint density at radius 1 is 0.762 bits per heavy atom. The smallest absolute Gasteiger partial charge is 0.311 e. The summed E-state index contributed by atoms with van der Waals surface area (Å²) in [7, 11) is 2.07. The summed E-state index contributed by atoms with van der Waals surface area (Å²) < 4.78 is 27.5. The van der Waals surface area contributed by atoms with Crippen molar-refractivity contribution in [3.63, 3.8) is 0 Å². The summed E-state index contributed by atoms with van der Waals surface area (Å²) in [6.45, 7) is 11.0. The molecule has 2 fully saturated rings. The highest BCUT2D eigenvalue weighted by Crippen LogP contribution is 2.38. The summed E-state index contributed by atoms with van der Waals surface area (Å²) in [5, 5.41) is 40.5. The Kier molecular flexibility index (Phi) is 17.8. The zero-order chi connectivity index (χ0) is 58.9. The van der Waals surface area contributed by atoms with Crippen LogP contribution in [0.5, 0.6) is 34.5 Å². The summed E-state index contributed by atoms with van der Waals surface area (Å²) >= 11 is 6.24. The fraction of sp³-hybridized carbons (Fsp3) is 0.281. The Balaban J connectivity index is 0.828. The Labute approximate surface area is 486 Å². The number of benzene rings is 4. The number of nitro benzene ring substituents is 2. The van der Waals surface area contributed by atoms with Crippen molar-refractivity contribution in [1.29, 1.82) is 5.41 Å². The number of ether oxygens (including phenoxy) is 4. The van der Waals surface area contributed by atoms with Gasteiger partial charge in [0.1, 0.15) is 59.9 Å². The van der Waals surface area contributed by atoms with Crippen LogP contribution in [0.1, 0.15) is 23.1 Å². The highest BCUT2D eigenvalue weighted by molar-refractivity contribution is 6.69. The number of fused-ring (bicyclic) bond motifs is 2. The maximum atomic E-state index is 12.6. The van der Waals surface area contributed by atoms with Gasteiger partial charge in [0, 0.05) is 156 Å². The van der Waals surface area contributed by atoms with E-state index in [1.54, 1.807) is 71.8 Å². The van der Waals surface area contributed by atoms with Gasteiger partial charge in [0.2, 0.25) is 0 Å². The van der Waals surface area contributed by atoms with E-state index >= 15 is 0 Å². The first kappa shape index (κ1) is 57.5. The van der Waals surface area contributed by atoms with Gasteiger partial charge in [-0.3, -0.25) is 45.1 Å². The minimum atomic E-state index is -0.558. The number of nitrogens with one attached hydrogen (secondary N) is 2. The lowest BCUT2D eigenvalue weighted by molar-refractivity contribution is -0.386. The molecule has 27 heteroatoms. The number of pyridine rings is 2. The van der Waals surface area contributed by atoms with E-state index in [0.717, 1.165) is 43.0 Å². The molecular weight excluding hydrogens is 1100 g/mol. The summed E-state index contributed by atoms with van der Waals surface area (Å²) in [4.78, 5) is 55.2. The molecule has 4 aromatic carbocycles. The van der Waals surface area contributed by atoms with E-state index in [0.29, 0.717) is 101 Å². The first-order valence-corrected chi connectivity index (χ1v) is 27.2. The van der Waals surface area contributed by atoms with Crippen LogP contribution in [0.2, 0.25) is 0 Å². The number of nitrogens with zero attached hydrogens (tertiary/aromatic N) is 14. The number of aryl methyl sites for hydroxylation is 2. The molecule has 0 amide bonds. The number of halogens is 1. The third-order valence-electron chi connectivity index (χ3n) is 14.3. The second-order valence-corrected chi connectivity index (χ2v) is 20.4. The molecule has 0 bridgehead atoms. The number of nitro groups is 2. The normalized spacial score (nSPS) is 14.8. The van der Waals surface area contributed by atoms with Gasteiger partial charge in [-0.1, -0.05) is 11.6 Å². The predicted octanol–water partition coefficient (Wildman–Crippen LogP) is 7.95. The number of hydrogen-bond acceptors (Lipinski definition) is 22. The van der Waals surface area contributed by atoms with Crippen LogP contribution in [0.3, 0.4) is 0 Å². The Hall–Kier alpha value is -9.76. The molecular formula is C57H61ClN18O8. The highest BCUT2D eigenvalue weighted by atomic mass is 35.5. The van der Waals surface area contributed by atoms with E-state index in [1.165, 1.54) is 35.5 Å². The van der Waals surface area contributed by atoms with Crippen molar-refractivity contribution in [3.05, 3.63) is 164 Å². The van der Waals surface area contributed by atoms with E-state index in [-0.39, 0.29) is 53.8 Å². The van der Waals surface area contributed by atoms with E-state index in [9.17, 15) is 20.2 Å². The van der Waals surface area contributed by atoms with Gasteiger partial charge < -0.3 is 45.6 Å². The van der Waals surface area contributed by atoms with Gasteiger partial charge in [0.25, 0.3) is 0 Å². The average molecular weight is 1160 g/mol. The lowest BCUT2D eigenvalue weighted by Crippen LogP contribution is -2.47. The van der Waals surface area contributed by atoms with Crippen molar-refractivity contribution in [2.24, 2.45) is 9.98 Å². The largest absolute Gasteiger partial charge is 0.485 e. The van der Waals surface area contributed by atoms with Gasteiger partial charge in [-0.2, -0.15) is 5.10 Å². The molecule has 2 saturated heterocycles. The van der Waals surface area contributed by atoms with E-state index in [2.05, 4.69) is 52.0 Å². The first-order chi connectivity index (χ1) is 40.6. The fourth-order valence-corrected chi connectivity index (χ4v) is 9.75. The number of nitrogen functional groups attached to an aromatic ring is 2. The fourth-order valence-electron chi connectivity index (χ4n) is 9.60. The topological polar surface area (TPSA) is 310 Å². The number of piperazine rings is 2. The zero-order valence-corrected chi connectivity index (χ0v) is 47.1. The molecule has 4 aromatic heterocycles. The van der Waals surface area contributed by atoms with Crippen LogP contribution in [-0.4, -0.2) is 156 Å². The molecule has 2 aliphatic heterocycles. The maximum absolute atomic E-state index is 12.6. The number of rotatable bonds is 22. The second kappa shape index (κ2) is 26.0. The third-order valence-corrected chi connectivity index (χ3v) is 14.5. The van der Waals surface area contributed by atoms with Crippen molar-refractivity contribution >= 4 is 73.8 Å². The van der Waals surface area contributed by atoms with Crippen molar-refractivity contribution in [2.45, 2.75) is 20.3 Å². The second-order valence-electron chi connectivity index (χ2n) is 20.0. The van der Waals surface area contributed by atoms with Gasteiger partial charge in [-0.05, 0) is 80.6 Å². The van der Waals surface area contributed by atoms with Crippen LogP contribution in [0, 0.1) is 39.5 Å². The zero-order valence-electron chi connectivity index (χ0n) is 46.3. The lowest BCUT2D eigenvalue weighted by Gasteiger charge is -2.36. The number of aromatic nitrogens is 6. The monoisotopic (exact) mass is 1160 g/mol. The molecule has 434 valence electrons. The molecule has 84 heavy (non-hydrogen) atoms. The lowest BCUT2D eigenvalue weighted by atomic mass is 10.1. The number of nitrogens with two attached hydrogens (primary N) is 2. The molecule has 0 saturated carbocycles. The van der Waals surface area contributed by atoms with Crippen LogP contribution < -0.4 is 41.3 Å². The van der Waals surface area contributed by atoms with Crippen molar-refractivity contribution in [2.75, 3.05) is 103 Å². The van der Waals surface area contributed by atoms with Crippen LogP contribution in [-0.2, 0) is 0 Å². The first-order valence-electron chi connectivity index (χ1n) is 26.9. The van der Waals surface area contributed by atoms with E-state index in [1.807, 2.05) is 38.1 Å². The van der Waals surface area contributed by atoms with E-state index in [4.69, 9.17) is 57.5 Å². The molecule has 8 aromatic rings. The number of anilines is 3. The summed E-state index contributed by atoms with van der Waals surface area (Å²) in [6, 6.07) is 23.6. The highest BCUT2D eigenvalue weighted by Gasteiger charge is 2.25. The minimum Gasteiger partial charge on any atom is -0.485 e. The molecule has 2 aliphatic rings. The van der Waals surface area contributed by atoms with Crippen molar-refractivity contribution in [1.82, 2.24) is 48.8 Å². The molecule has 0 unspecified atom stereocenters. The molecule has 0 spiro atoms. The Morgan fingerprint density at radius 3 is 2.11 bits per heavy atom. The third kappa shape index (κ3) is 14.1. The number of allylic oxidation sites excluding steroid dienone is 1. The minimum absolute atomic E-state index is 0.0176. The maximum Gasteiger partial charge on any atom is 0.311 e. The van der Waals surface area contributed by atoms with Crippen LogP contribution in [0.15, 0.2) is 132 Å². The van der Waals surface area contributed by atoms with E-state index < -0.39 is 15.0 Å². The SMILES string of the molecule is Cc1cc(N)ccc1Oc1ccn(N)/c(=N\C=C(/C/C=N\c2cc(OCCN3CCN(C)CC3)c([N+](=O)[O-])cc2C(=N)Cl)N2CCN(CCOc3cc4ncnc(Nc5ccc(Oc6ccn7ncnc7c6)c(C)c5)c4cc3[N+](=O)[O-])CC2)c1. The molecule has 10 rings (SSSR count). The molecule has 0 aliphatic carbocycles. The number of likely N-dealkylation sites (N-methyl/N-ethyl adjacent to an activating group) is 1. The van der Waals surface area contributed by atoms with Crippen LogP contribution in [0.25, 0.3) is 16.6 Å². The van der Waals surface area contributed by atoms with Crippen LogP contribution >= 0.6 is 11.6 Å². The van der Waals surface area contributed by atoms with Gasteiger partial charge in [-0.15, -0.1) is 0 Å². The quantitative estimate of drug-likeness (QED) is 0.0164. The number of aliphatic imine (C=N–C) groups is 1. The number of hydrogen-bond donors (Lipinski definition) is 4. The Bertz CT molecular complexity index is 3890. The average Bonchev–Trinajstić information content (AvgIpc) is 3.76. The molecule has 26 nitrogen and oxygen atoms in total. The van der Waals surface area contributed by atoms with Gasteiger partial charge >= 0.3 is 11.4 Å². The Morgan fingerprint density at radius 2 is 1.42 bits per heavy atom. The summed E-state index contributed by atoms with van der Waals surface area (Å²) in [5.41, 5.74) is 10.9. The molecule has 6 N–H and O–H groups in total. The van der Waals surface area contributed by atoms with Crippen molar-refractivity contribution in [3.8, 4) is 34.5 Å². The summed E-state index contributed by atoms with van der Waals surface area (Å²) in [5.74, 6) is 9.20. The van der Waals surface area contributed by atoms with Gasteiger partial charge in [0.05, 0.1) is 26.4 Å². The standard InChI is InChI=1S/C57H61ClN18O8/c1-37-26-39(59)4-6-50(37)83-42-9-12-73(61)54(28-42)63-34-41(8-11-62-46-32-52(48(75(77)78)30-44(46)56(58)60)81-24-22-70-16-14-69(3)15-17-70)72-20-18-71(19-21-72)23-25-82-53-33-47-45(31-49(53)76(79)80)57(66-35-64-47)68-40-5-7-51(38(2)27-40)84-43-10-13-74-55(29-43)65-36-67-74/h4-7,9-13,26-36,60H,8,14-25,59,61H2,1-3H3,(H,64,66,68)/b41-34+,60-56?,62-11-,63-54-.